The molecule has 1 aliphatic carbocycles. The van der Waals surface area contributed by atoms with E-state index in [1.54, 1.807) is 12.1 Å². The molecule has 0 saturated heterocycles. The molecule has 0 spiro atoms. The number of hydrogen-bond donors (Lipinski definition) is 3. The van der Waals surface area contributed by atoms with E-state index in [4.69, 9.17) is 5.84 Å². The molecule has 0 aromatic carbocycles. The van der Waals surface area contributed by atoms with Gasteiger partial charge in [-0.3, -0.25) is 4.79 Å². The van der Waals surface area contributed by atoms with Gasteiger partial charge >= 0.3 is 0 Å². The zero-order valence-corrected chi connectivity index (χ0v) is 10.4. The molecular weight excluding hydrogens is 230 g/mol. The van der Waals surface area contributed by atoms with Gasteiger partial charge in [-0.15, -0.1) is 10.2 Å². The molecule has 1 aliphatic rings. The van der Waals surface area contributed by atoms with Crippen LogP contribution in [-0.4, -0.2) is 22.6 Å². The third-order valence-corrected chi connectivity index (χ3v) is 3.32. The van der Waals surface area contributed by atoms with Crippen molar-refractivity contribution in [2.75, 3.05) is 12.0 Å². The van der Waals surface area contributed by atoms with Gasteiger partial charge in [-0.1, -0.05) is 19.3 Å². The van der Waals surface area contributed by atoms with Crippen LogP contribution >= 0.6 is 0 Å². The number of hydrazine groups is 1. The monoisotopic (exact) mass is 249 g/mol. The molecule has 0 unspecified atom stereocenters. The van der Waals surface area contributed by atoms with Crippen molar-refractivity contribution < 1.29 is 4.79 Å². The molecule has 1 saturated carbocycles. The van der Waals surface area contributed by atoms with Crippen LogP contribution in [0.15, 0.2) is 12.1 Å². The predicted octanol–water partition coefficient (Wildman–Crippen LogP) is 1.07. The summed E-state index contributed by atoms with van der Waals surface area (Å²) in [6, 6.07) is 3.24. The molecule has 18 heavy (non-hydrogen) atoms. The van der Waals surface area contributed by atoms with Crippen molar-refractivity contribution in [2.45, 2.75) is 32.1 Å². The first-order chi connectivity index (χ1) is 8.79. The van der Waals surface area contributed by atoms with Crippen LogP contribution < -0.4 is 16.6 Å². The first kappa shape index (κ1) is 12.8. The highest BCUT2D eigenvalue weighted by Crippen LogP contribution is 2.22. The SMILES string of the molecule is NNc1ccc(C(=O)NCC2CCCCC2)nn1. The normalized spacial score (nSPS) is 16.3. The van der Waals surface area contributed by atoms with Gasteiger partial charge in [-0.2, -0.15) is 0 Å². The fourth-order valence-corrected chi connectivity index (χ4v) is 2.25. The van der Waals surface area contributed by atoms with Gasteiger partial charge in [-0.25, -0.2) is 5.84 Å². The van der Waals surface area contributed by atoms with Crippen LogP contribution in [0.2, 0.25) is 0 Å². The Bertz CT molecular complexity index is 386. The van der Waals surface area contributed by atoms with Gasteiger partial charge < -0.3 is 10.7 Å². The highest BCUT2D eigenvalue weighted by molar-refractivity contribution is 5.92. The number of nitrogens with zero attached hydrogens (tertiary/aromatic N) is 2. The third-order valence-electron chi connectivity index (χ3n) is 3.32. The van der Waals surface area contributed by atoms with E-state index in [0.29, 0.717) is 17.4 Å². The molecule has 98 valence electrons. The average molecular weight is 249 g/mol. The number of nitrogens with one attached hydrogen (secondary N) is 2. The number of rotatable bonds is 4. The number of amides is 1. The van der Waals surface area contributed by atoms with Crippen molar-refractivity contribution in [3.8, 4) is 0 Å². The molecule has 2 rings (SSSR count). The molecule has 1 aromatic rings. The summed E-state index contributed by atoms with van der Waals surface area (Å²) in [5.74, 6) is 6.06. The summed E-state index contributed by atoms with van der Waals surface area (Å²) in [5, 5.41) is 10.5. The van der Waals surface area contributed by atoms with Gasteiger partial charge in [-0.05, 0) is 30.9 Å². The number of carbonyl (C=O) groups is 1. The van der Waals surface area contributed by atoms with Gasteiger partial charge in [0.2, 0.25) is 0 Å². The molecule has 1 amide bonds. The van der Waals surface area contributed by atoms with Crippen molar-refractivity contribution in [3.63, 3.8) is 0 Å². The van der Waals surface area contributed by atoms with Crippen molar-refractivity contribution in [1.29, 1.82) is 0 Å². The minimum atomic E-state index is -0.170. The summed E-state index contributed by atoms with van der Waals surface area (Å²) in [5.41, 5.74) is 2.70. The van der Waals surface area contributed by atoms with E-state index >= 15 is 0 Å². The summed E-state index contributed by atoms with van der Waals surface area (Å²) in [7, 11) is 0. The number of hydrogen-bond acceptors (Lipinski definition) is 5. The van der Waals surface area contributed by atoms with Crippen LogP contribution in [0.3, 0.4) is 0 Å². The molecule has 0 atom stereocenters. The minimum Gasteiger partial charge on any atom is -0.350 e. The lowest BCUT2D eigenvalue weighted by Crippen LogP contribution is -2.31. The van der Waals surface area contributed by atoms with Crippen LogP contribution in [0, 0.1) is 5.92 Å². The first-order valence-electron chi connectivity index (χ1n) is 6.38. The quantitative estimate of drug-likeness (QED) is 0.548. The lowest BCUT2D eigenvalue weighted by atomic mass is 9.89. The molecule has 6 heteroatoms. The van der Waals surface area contributed by atoms with Crippen LogP contribution in [0.25, 0.3) is 0 Å². The van der Waals surface area contributed by atoms with E-state index < -0.39 is 0 Å². The van der Waals surface area contributed by atoms with E-state index in [2.05, 4.69) is 20.9 Å². The van der Waals surface area contributed by atoms with Gasteiger partial charge in [0.1, 0.15) is 0 Å². The zero-order valence-electron chi connectivity index (χ0n) is 10.4. The lowest BCUT2D eigenvalue weighted by Gasteiger charge is -2.21. The first-order valence-corrected chi connectivity index (χ1v) is 6.38. The molecule has 0 aliphatic heterocycles. The molecule has 0 bridgehead atoms. The van der Waals surface area contributed by atoms with Gasteiger partial charge in [0, 0.05) is 6.54 Å². The maximum Gasteiger partial charge on any atom is 0.271 e. The van der Waals surface area contributed by atoms with Gasteiger partial charge in [0.05, 0.1) is 0 Å². The number of nitrogens with two attached hydrogens (primary N) is 1. The van der Waals surface area contributed by atoms with Crippen molar-refractivity contribution >= 4 is 11.7 Å². The molecule has 0 radical (unpaired) electrons. The highest BCUT2D eigenvalue weighted by Gasteiger charge is 2.15. The Balaban J connectivity index is 1.82. The summed E-state index contributed by atoms with van der Waals surface area (Å²) in [6.45, 7) is 0.734. The maximum atomic E-state index is 11.8. The fraction of sp³-hybridized carbons (Fsp3) is 0.583. The molecule has 4 N–H and O–H groups in total. The van der Waals surface area contributed by atoms with Crippen LogP contribution in [-0.2, 0) is 0 Å². The Morgan fingerprint density at radius 2 is 2.06 bits per heavy atom. The molecule has 6 nitrogen and oxygen atoms in total. The second-order valence-electron chi connectivity index (χ2n) is 4.66. The maximum absolute atomic E-state index is 11.8. The number of nitrogen functional groups attached to an aromatic ring is 1. The Labute approximate surface area is 106 Å². The average Bonchev–Trinajstić information content (AvgIpc) is 2.46. The lowest BCUT2D eigenvalue weighted by molar-refractivity contribution is 0.0937. The van der Waals surface area contributed by atoms with E-state index in [-0.39, 0.29) is 5.91 Å². The van der Waals surface area contributed by atoms with E-state index in [1.807, 2.05) is 0 Å². The Morgan fingerprint density at radius 1 is 1.28 bits per heavy atom. The number of aromatic nitrogens is 2. The minimum absolute atomic E-state index is 0.170. The number of carbonyl (C=O) groups excluding carboxylic acids is 1. The third kappa shape index (κ3) is 3.40. The molecule has 1 heterocycles. The van der Waals surface area contributed by atoms with Crippen LogP contribution in [0.1, 0.15) is 42.6 Å². The van der Waals surface area contributed by atoms with Crippen molar-refractivity contribution in [3.05, 3.63) is 17.8 Å². The smallest absolute Gasteiger partial charge is 0.271 e. The second-order valence-corrected chi connectivity index (χ2v) is 4.66. The standard InChI is InChI=1S/C12H19N5O/c13-15-11-7-6-10(16-17-11)12(18)14-8-9-4-2-1-3-5-9/h6-7,9H,1-5,8,13H2,(H,14,18)(H,15,17). The Kier molecular flexibility index (Phi) is 4.46. The van der Waals surface area contributed by atoms with E-state index in [1.165, 1.54) is 32.1 Å². The van der Waals surface area contributed by atoms with Gasteiger partial charge in [0.25, 0.3) is 5.91 Å². The fourth-order valence-electron chi connectivity index (χ4n) is 2.25. The number of anilines is 1. The van der Waals surface area contributed by atoms with Crippen molar-refractivity contribution in [1.82, 2.24) is 15.5 Å². The summed E-state index contributed by atoms with van der Waals surface area (Å²) < 4.78 is 0. The van der Waals surface area contributed by atoms with Gasteiger partial charge in [0.15, 0.2) is 11.5 Å². The van der Waals surface area contributed by atoms with E-state index in [0.717, 1.165) is 6.54 Å². The summed E-state index contributed by atoms with van der Waals surface area (Å²) in [4.78, 5) is 11.8. The van der Waals surface area contributed by atoms with E-state index in [9.17, 15) is 4.79 Å². The van der Waals surface area contributed by atoms with Crippen molar-refractivity contribution in [2.24, 2.45) is 11.8 Å². The topological polar surface area (TPSA) is 92.9 Å². The second kappa shape index (κ2) is 6.30. The summed E-state index contributed by atoms with van der Waals surface area (Å²) in [6.07, 6.45) is 6.29. The highest BCUT2D eigenvalue weighted by atomic mass is 16.1. The molecule has 1 fully saturated rings. The van der Waals surface area contributed by atoms with Crippen LogP contribution in [0.5, 0.6) is 0 Å². The summed E-state index contributed by atoms with van der Waals surface area (Å²) >= 11 is 0. The predicted molar refractivity (Wildman–Crippen MR) is 68.8 cm³/mol. The Hall–Kier alpha value is -1.69. The Morgan fingerprint density at radius 3 is 2.67 bits per heavy atom. The molecular formula is C12H19N5O. The zero-order chi connectivity index (χ0) is 12.8. The van der Waals surface area contributed by atoms with Crippen LogP contribution in [0.4, 0.5) is 5.82 Å². The largest absolute Gasteiger partial charge is 0.350 e. The molecule has 1 aromatic heterocycles.